The van der Waals surface area contributed by atoms with E-state index < -0.39 is 0 Å². The third-order valence-corrected chi connectivity index (χ3v) is 3.38. The zero-order chi connectivity index (χ0) is 15.8. The number of rotatable bonds is 7. The van der Waals surface area contributed by atoms with Crippen LogP contribution < -0.4 is 5.32 Å². The normalized spacial score (nSPS) is 10.2. The number of amides is 1. The summed E-state index contributed by atoms with van der Waals surface area (Å²) in [7, 11) is 0. The molecule has 0 spiro atoms. The summed E-state index contributed by atoms with van der Waals surface area (Å²) >= 11 is 0. The van der Waals surface area contributed by atoms with Crippen molar-refractivity contribution >= 4 is 11.7 Å². The predicted octanol–water partition coefficient (Wildman–Crippen LogP) is 2.71. The molecule has 0 aliphatic heterocycles. The van der Waals surface area contributed by atoms with Gasteiger partial charge in [0.15, 0.2) is 5.78 Å². The van der Waals surface area contributed by atoms with Crippen LogP contribution in [0.1, 0.15) is 34.5 Å². The SMILES string of the molecule is Cc1ccc(C(=O)CCC(=O)NCCc2ccccn2)cc1. The summed E-state index contributed by atoms with van der Waals surface area (Å²) in [5.74, 6) is -0.101. The van der Waals surface area contributed by atoms with Crippen molar-refractivity contribution in [1.29, 1.82) is 0 Å². The second-order valence-corrected chi connectivity index (χ2v) is 5.21. The summed E-state index contributed by atoms with van der Waals surface area (Å²) in [5, 5.41) is 2.82. The van der Waals surface area contributed by atoms with E-state index in [-0.39, 0.29) is 24.5 Å². The van der Waals surface area contributed by atoms with Crippen LogP contribution in [0, 0.1) is 6.92 Å². The van der Waals surface area contributed by atoms with E-state index in [4.69, 9.17) is 0 Å². The van der Waals surface area contributed by atoms with Gasteiger partial charge in [0, 0.05) is 43.3 Å². The van der Waals surface area contributed by atoms with Gasteiger partial charge in [0.25, 0.3) is 0 Å². The molecule has 2 rings (SSSR count). The molecular formula is C18H20N2O2. The lowest BCUT2D eigenvalue weighted by Crippen LogP contribution is -2.26. The highest BCUT2D eigenvalue weighted by molar-refractivity contribution is 5.97. The van der Waals surface area contributed by atoms with E-state index in [0.29, 0.717) is 18.5 Å². The van der Waals surface area contributed by atoms with Gasteiger partial charge in [-0.15, -0.1) is 0 Å². The van der Waals surface area contributed by atoms with Crippen molar-refractivity contribution in [3.05, 3.63) is 65.5 Å². The Morgan fingerprint density at radius 1 is 1.05 bits per heavy atom. The topological polar surface area (TPSA) is 59.1 Å². The van der Waals surface area contributed by atoms with Crippen molar-refractivity contribution in [2.45, 2.75) is 26.2 Å². The highest BCUT2D eigenvalue weighted by Gasteiger charge is 2.09. The molecule has 1 amide bonds. The third-order valence-electron chi connectivity index (χ3n) is 3.38. The Balaban J connectivity index is 1.69. The molecule has 0 saturated carbocycles. The quantitative estimate of drug-likeness (QED) is 0.799. The van der Waals surface area contributed by atoms with Gasteiger partial charge in [-0.25, -0.2) is 0 Å². The second-order valence-electron chi connectivity index (χ2n) is 5.21. The van der Waals surface area contributed by atoms with Crippen molar-refractivity contribution < 1.29 is 9.59 Å². The van der Waals surface area contributed by atoms with Crippen molar-refractivity contribution in [1.82, 2.24) is 10.3 Å². The van der Waals surface area contributed by atoms with Crippen LogP contribution in [0.4, 0.5) is 0 Å². The Morgan fingerprint density at radius 3 is 2.50 bits per heavy atom. The van der Waals surface area contributed by atoms with E-state index >= 15 is 0 Å². The molecule has 0 fully saturated rings. The van der Waals surface area contributed by atoms with E-state index in [0.717, 1.165) is 11.3 Å². The standard InChI is InChI=1S/C18H20N2O2/c1-14-5-7-15(8-6-14)17(21)9-10-18(22)20-13-11-16-4-2-3-12-19-16/h2-8,12H,9-11,13H2,1H3,(H,20,22). The van der Waals surface area contributed by atoms with Crippen molar-refractivity contribution in [3.63, 3.8) is 0 Å². The molecule has 0 aliphatic rings. The van der Waals surface area contributed by atoms with E-state index in [1.807, 2.05) is 37.3 Å². The molecule has 1 heterocycles. The Kier molecular flexibility index (Phi) is 5.83. The average molecular weight is 296 g/mol. The molecule has 2 aromatic rings. The number of pyridine rings is 1. The Bertz CT molecular complexity index is 621. The summed E-state index contributed by atoms with van der Waals surface area (Å²) in [6.07, 6.45) is 2.88. The van der Waals surface area contributed by atoms with Gasteiger partial charge in [0.05, 0.1) is 0 Å². The number of Topliss-reactive ketones (excluding diaryl/α,β-unsaturated/α-hetero) is 1. The minimum Gasteiger partial charge on any atom is -0.356 e. The van der Waals surface area contributed by atoms with Crippen molar-refractivity contribution in [2.24, 2.45) is 0 Å². The molecule has 1 N–H and O–H groups in total. The number of hydrogen-bond donors (Lipinski definition) is 1. The van der Waals surface area contributed by atoms with Gasteiger partial charge in [-0.3, -0.25) is 14.6 Å². The first-order chi connectivity index (χ1) is 10.6. The van der Waals surface area contributed by atoms with E-state index in [2.05, 4.69) is 10.3 Å². The van der Waals surface area contributed by atoms with Crippen LogP contribution in [0.3, 0.4) is 0 Å². The van der Waals surface area contributed by atoms with Gasteiger partial charge >= 0.3 is 0 Å². The fourth-order valence-corrected chi connectivity index (χ4v) is 2.08. The average Bonchev–Trinajstić information content (AvgIpc) is 2.54. The maximum absolute atomic E-state index is 12.0. The second kappa shape index (κ2) is 8.08. The highest BCUT2D eigenvalue weighted by atomic mass is 16.2. The molecule has 0 atom stereocenters. The number of aromatic nitrogens is 1. The van der Waals surface area contributed by atoms with Gasteiger partial charge in [0.2, 0.25) is 5.91 Å². The van der Waals surface area contributed by atoms with E-state index in [1.54, 1.807) is 18.3 Å². The largest absolute Gasteiger partial charge is 0.356 e. The molecule has 4 heteroatoms. The summed E-state index contributed by atoms with van der Waals surface area (Å²) in [6.45, 7) is 2.51. The lowest BCUT2D eigenvalue weighted by Gasteiger charge is -2.05. The molecule has 1 aromatic heterocycles. The smallest absolute Gasteiger partial charge is 0.220 e. The molecular weight excluding hydrogens is 276 g/mol. The third kappa shape index (κ3) is 5.13. The first kappa shape index (κ1) is 15.9. The molecule has 0 bridgehead atoms. The minimum atomic E-state index is -0.101. The first-order valence-electron chi connectivity index (χ1n) is 7.41. The Morgan fingerprint density at radius 2 is 1.82 bits per heavy atom. The fourth-order valence-electron chi connectivity index (χ4n) is 2.08. The maximum atomic E-state index is 12.0. The zero-order valence-electron chi connectivity index (χ0n) is 12.7. The lowest BCUT2D eigenvalue weighted by molar-refractivity contribution is -0.121. The van der Waals surface area contributed by atoms with Crippen LogP contribution in [0.2, 0.25) is 0 Å². The highest BCUT2D eigenvalue weighted by Crippen LogP contribution is 2.07. The van der Waals surface area contributed by atoms with Crippen LogP contribution in [0.15, 0.2) is 48.7 Å². The molecule has 1 aromatic carbocycles. The number of nitrogens with zero attached hydrogens (tertiary/aromatic N) is 1. The van der Waals surface area contributed by atoms with Crippen LogP contribution >= 0.6 is 0 Å². The van der Waals surface area contributed by atoms with Crippen molar-refractivity contribution in [2.75, 3.05) is 6.54 Å². The molecule has 114 valence electrons. The van der Waals surface area contributed by atoms with Crippen LogP contribution in [0.5, 0.6) is 0 Å². The lowest BCUT2D eigenvalue weighted by atomic mass is 10.1. The summed E-state index contributed by atoms with van der Waals surface area (Å²) in [6, 6.07) is 13.1. The first-order valence-corrected chi connectivity index (χ1v) is 7.41. The van der Waals surface area contributed by atoms with Crippen LogP contribution in [-0.2, 0) is 11.2 Å². The predicted molar refractivity (Wildman–Crippen MR) is 85.7 cm³/mol. The summed E-state index contributed by atoms with van der Waals surface area (Å²) in [5.41, 5.74) is 2.72. The summed E-state index contributed by atoms with van der Waals surface area (Å²) < 4.78 is 0. The molecule has 0 aliphatic carbocycles. The zero-order valence-corrected chi connectivity index (χ0v) is 12.7. The number of benzene rings is 1. The summed E-state index contributed by atoms with van der Waals surface area (Å²) in [4.78, 5) is 27.9. The fraction of sp³-hybridized carbons (Fsp3) is 0.278. The van der Waals surface area contributed by atoms with Gasteiger partial charge in [-0.05, 0) is 19.1 Å². The molecule has 0 radical (unpaired) electrons. The molecule has 0 unspecified atom stereocenters. The number of carbonyl (C=O) groups excluding carboxylic acids is 2. The monoisotopic (exact) mass is 296 g/mol. The van der Waals surface area contributed by atoms with E-state index in [1.165, 1.54) is 0 Å². The van der Waals surface area contributed by atoms with E-state index in [9.17, 15) is 9.59 Å². The molecule has 4 nitrogen and oxygen atoms in total. The number of carbonyl (C=O) groups is 2. The Hall–Kier alpha value is -2.49. The van der Waals surface area contributed by atoms with Crippen molar-refractivity contribution in [3.8, 4) is 0 Å². The molecule has 22 heavy (non-hydrogen) atoms. The van der Waals surface area contributed by atoms with Gasteiger partial charge in [0.1, 0.15) is 0 Å². The number of nitrogens with one attached hydrogen (secondary N) is 1. The number of ketones is 1. The maximum Gasteiger partial charge on any atom is 0.220 e. The molecule has 0 saturated heterocycles. The number of aryl methyl sites for hydroxylation is 1. The van der Waals surface area contributed by atoms with Gasteiger partial charge in [-0.2, -0.15) is 0 Å². The van der Waals surface area contributed by atoms with Gasteiger partial charge < -0.3 is 5.32 Å². The van der Waals surface area contributed by atoms with Crippen LogP contribution in [-0.4, -0.2) is 23.2 Å². The Labute approximate surface area is 130 Å². The number of hydrogen-bond acceptors (Lipinski definition) is 3. The minimum absolute atomic E-state index is 0.000115. The van der Waals surface area contributed by atoms with Gasteiger partial charge in [-0.1, -0.05) is 35.9 Å². The van der Waals surface area contributed by atoms with Crippen LogP contribution in [0.25, 0.3) is 0 Å².